The molecule has 6 aromatic carbocycles. The second-order valence-electron chi connectivity index (χ2n) is 16.1. The van der Waals surface area contributed by atoms with Crippen LogP contribution in [0.1, 0.15) is 65.2 Å². The van der Waals surface area contributed by atoms with Crippen LogP contribution >= 0.6 is 14.5 Å². The second kappa shape index (κ2) is 22.6. The van der Waals surface area contributed by atoms with Crippen LogP contribution in [0.4, 0.5) is 0 Å². The van der Waals surface area contributed by atoms with Gasteiger partial charge in [0.1, 0.15) is 65.3 Å². The molecule has 0 unspecified atom stereocenters. The van der Waals surface area contributed by atoms with E-state index in [-0.39, 0.29) is 43.8 Å². The fraction of sp³-hybridized carbons (Fsp3) is 0.278. The maximum Gasteiger partial charge on any atom is 0.305 e. The lowest BCUT2D eigenvalue weighted by Crippen LogP contribution is -2.37. The summed E-state index contributed by atoms with van der Waals surface area (Å²) < 4.78 is 11.3. The number of Topliss-reactive ketones (excluding diaryl/α,β-unsaturated/α-hetero) is 1. The Bertz CT molecular complexity index is 1890. The largest absolute Gasteiger partial charge is 0.464 e. The highest BCUT2D eigenvalue weighted by molar-refractivity contribution is 7.96. The lowest BCUT2D eigenvalue weighted by molar-refractivity contribution is -0.156. The van der Waals surface area contributed by atoms with Gasteiger partial charge < -0.3 is 9.47 Å². The molecule has 0 aliphatic heterocycles. The monoisotopic (exact) mass is 850 g/mol. The Kier molecular flexibility index (Phi) is 16.8. The predicted molar refractivity (Wildman–Crippen MR) is 258 cm³/mol. The quantitative estimate of drug-likeness (QED) is 0.0365. The number of hydrogen-bond donors (Lipinski definition) is 0. The van der Waals surface area contributed by atoms with Crippen molar-refractivity contribution in [1.29, 1.82) is 0 Å². The molecule has 7 heteroatoms. The van der Waals surface area contributed by atoms with Gasteiger partial charge in [-0.2, -0.15) is 0 Å². The average Bonchev–Trinajstić information content (AvgIpc) is 3.32. The van der Waals surface area contributed by atoms with Gasteiger partial charge in [-0.15, -0.1) is 0 Å². The van der Waals surface area contributed by atoms with Crippen LogP contribution in [0.15, 0.2) is 182 Å². The van der Waals surface area contributed by atoms with Crippen molar-refractivity contribution >= 4 is 64.1 Å². The van der Waals surface area contributed by atoms with Crippen LogP contribution < -0.4 is 31.8 Å². The Morgan fingerprint density at radius 1 is 0.393 bits per heavy atom. The van der Waals surface area contributed by atoms with Gasteiger partial charge in [-0.1, -0.05) is 109 Å². The third-order valence-corrected chi connectivity index (χ3v) is 20.9. The van der Waals surface area contributed by atoms with Gasteiger partial charge in [-0.25, -0.2) is 0 Å². The van der Waals surface area contributed by atoms with Gasteiger partial charge in [0, 0.05) is 12.8 Å². The maximum atomic E-state index is 13.0. The molecule has 0 spiro atoms. The Morgan fingerprint density at radius 2 is 0.639 bits per heavy atom. The number of rotatable bonds is 23. The normalized spacial score (nSPS) is 11.8. The summed E-state index contributed by atoms with van der Waals surface area (Å²) in [5.41, 5.74) is -1.11. The fourth-order valence-electron chi connectivity index (χ4n) is 8.22. The van der Waals surface area contributed by atoms with Gasteiger partial charge in [0.05, 0.1) is 17.7 Å². The highest BCUT2D eigenvalue weighted by Gasteiger charge is 2.45. The lowest BCUT2D eigenvalue weighted by Gasteiger charge is -2.28. The van der Waals surface area contributed by atoms with Crippen LogP contribution in [-0.4, -0.2) is 43.3 Å². The minimum Gasteiger partial charge on any atom is -0.464 e. The number of unbranched alkanes of at least 4 members (excludes halogenated alkanes) is 4. The third kappa shape index (κ3) is 11.6. The van der Waals surface area contributed by atoms with Crippen LogP contribution in [0, 0.1) is 5.41 Å². The van der Waals surface area contributed by atoms with Crippen molar-refractivity contribution in [1.82, 2.24) is 0 Å². The zero-order valence-corrected chi connectivity index (χ0v) is 37.5. The summed E-state index contributed by atoms with van der Waals surface area (Å²) >= 11 is 0. The van der Waals surface area contributed by atoms with Crippen molar-refractivity contribution in [2.24, 2.45) is 5.41 Å². The Balaban J connectivity index is 0.967. The van der Waals surface area contributed by atoms with E-state index in [0.29, 0.717) is 12.8 Å². The molecule has 0 fully saturated rings. The summed E-state index contributed by atoms with van der Waals surface area (Å²) in [6.45, 7) is 2.92. The molecule has 0 radical (unpaired) electrons. The number of ketones is 1. The number of esters is 2. The topological polar surface area (TPSA) is 69.7 Å². The highest BCUT2D eigenvalue weighted by Crippen LogP contribution is 2.57. The smallest absolute Gasteiger partial charge is 0.305 e. The molecule has 6 aromatic rings. The van der Waals surface area contributed by atoms with E-state index in [1.807, 2.05) is 0 Å². The van der Waals surface area contributed by atoms with E-state index >= 15 is 0 Å². The van der Waals surface area contributed by atoms with E-state index in [2.05, 4.69) is 182 Å². The van der Waals surface area contributed by atoms with Gasteiger partial charge in [-0.05, 0) is 125 Å². The lowest BCUT2D eigenvalue weighted by atomic mass is 9.88. The van der Waals surface area contributed by atoms with Crippen molar-refractivity contribution < 1.29 is 23.9 Å². The molecule has 0 aromatic heterocycles. The fourth-order valence-corrected chi connectivity index (χ4v) is 17.0. The van der Waals surface area contributed by atoms with Crippen LogP contribution in [0.3, 0.4) is 0 Å². The van der Waals surface area contributed by atoms with Gasteiger partial charge in [0.2, 0.25) is 0 Å². The molecule has 0 saturated heterocycles. The van der Waals surface area contributed by atoms with Crippen molar-refractivity contribution in [2.45, 2.75) is 65.2 Å². The predicted octanol–water partition coefficient (Wildman–Crippen LogP) is 9.78. The van der Waals surface area contributed by atoms with E-state index in [4.69, 9.17) is 9.47 Å². The second-order valence-corrected chi connectivity index (χ2v) is 23.4. The van der Waals surface area contributed by atoms with E-state index in [0.717, 1.165) is 38.0 Å². The number of carbonyl (C=O) groups is 3. The summed E-state index contributed by atoms with van der Waals surface area (Å²) in [5.74, 6) is -0.858. The minimum absolute atomic E-state index is 0.122. The molecule has 6 rings (SSSR count). The molecule has 0 heterocycles. The van der Waals surface area contributed by atoms with E-state index in [1.165, 1.54) is 38.8 Å². The Hall–Kier alpha value is -5.21. The first-order valence-electron chi connectivity index (χ1n) is 21.7. The van der Waals surface area contributed by atoms with Gasteiger partial charge >= 0.3 is 11.9 Å². The van der Waals surface area contributed by atoms with Gasteiger partial charge in [-0.3, -0.25) is 14.4 Å². The highest BCUT2D eigenvalue weighted by atomic mass is 31.2. The molecule has 0 saturated carbocycles. The molecule has 0 N–H and O–H groups in total. The molecule has 5 nitrogen and oxygen atoms in total. The van der Waals surface area contributed by atoms with Gasteiger partial charge in [0.15, 0.2) is 0 Å². The van der Waals surface area contributed by atoms with Crippen molar-refractivity contribution in [3.63, 3.8) is 0 Å². The van der Waals surface area contributed by atoms with Crippen molar-refractivity contribution in [2.75, 3.05) is 25.5 Å². The first kappa shape index (κ1) is 45.3. The summed E-state index contributed by atoms with van der Waals surface area (Å²) in [6.07, 6.45) is 7.55. The van der Waals surface area contributed by atoms with Crippen molar-refractivity contribution in [3.05, 3.63) is 182 Å². The maximum absolute atomic E-state index is 13.0. The number of carbonyl (C=O) groups excluding carboxylic acids is 3. The summed E-state index contributed by atoms with van der Waals surface area (Å²) in [5, 5.41) is 8.11. The zero-order chi connectivity index (χ0) is 42.8. The number of hydrogen-bond acceptors (Lipinski definition) is 5. The average molecular weight is 851 g/mol. The molecule has 0 aliphatic carbocycles. The molecular formula is C54H60O5P2+2. The summed E-state index contributed by atoms with van der Waals surface area (Å²) in [4.78, 5) is 38.8. The third-order valence-electron chi connectivity index (χ3n) is 11.9. The number of ether oxygens (including phenoxy) is 2. The van der Waals surface area contributed by atoms with Crippen molar-refractivity contribution in [3.8, 4) is 0 Å². The minimum atomic E-state index is -1.93. The Morgan fingerprint density at radius 3 is 0.869 bits per heavy atom. The van der Waals surface area contributed by atoms with Crippen LogP contribution in [0.5, 0.6) is 0 Å². The molecule has 61 heavy (non-hydrogen) atoms. The summed E-state index contributed by atoms with van der Waals surface area (Å²) in [6, 6.07) is 65.0. The Labute approximate surface area is 364 Å². The van der Waals surface area contributed by atoms with E-state index in [1.54, 1.807) is 6.92 Å². The van der Waals surface area contributed by atoms with Crippen LogP contribution in [-0.2, 0) is 23.9 Å². The van der Waals surface area contributed by atoms with E-state index in [9.17, 15) is 14.4 Å². The van der Waals surface area contributed by atoms with E-state index < -0.39 is 19.9 Å². The first-order valence-corrected chi connectivity index (χ1v) is 25.6. The zero-order valence-electron chi connectivity index (χ0n) is 35.7. The van der Waals surface area contributed by atoms with Crippen LogP contribution in [0.2, 0.25) is 0 Å². The molecule has 0 bridgehead atoms. The summed E-state index contributed by atoms with van der Waals surface area (Å²) in [7, 11) is -3.85. The van der Waals surface area contributed by atoms with Gasteiger partial charge in [0.25, 0.3) is 0 Å². The van der Waals surface area contributed by atoms with Crippen LogP contribution in [0.25, 0.3) is 0 Å². The molecule has 0 amide bonds. The molecule has 0 atom stereocenters. The molecule has 314 valence electrons. The SMILES string of the molecule is CC(=O)C(C)(COC(=O)CCCCC[P+](c1ccccc1)(c1ccccc1)c1ccccc1)COC(=O)CCCCC[P+](c1ccccc1)(c1ccccc1)c1ccccc1. The standard InChI is InChI=1S/C54H60O5P2/c1-45(55)54(2,43-58-52(56)39-23-9-25-41-60(46-27-11-3-12-28-46,47-29-13-4-14-30-47)48-31-15-5-16-32-48)44-59-53(57)40-24-10-26-42-61(49-33-17-6-18-34-49,50-35-19-7-20-36-50)51-37-21-8-22-38-51/h3-8,11-22,27-38H,9-10,23-26,39-44H2,1-2H3/q+2. The number of benzene rings is 6. The first-order chi connectivity index (χ1) is 29.8. The molecular weight excluding hydrogens is 791 g/mol. The molecule has 0 aliphatic rings.